The highest BCUT2D eigenvalue weighted by molar-refractivity contribution is 5.80. The van der Waals surface area contributed by atoms with E-state index in [4.69, 9.17) is 0 Å². The Morgan fingerprint density at radius 2 is 1.79 bits per heavy atom. The predicted molar refractivity (Wildman–Crippen MR) is 60.0 cm³/mol. The van der Waals surface area contributed by atoms with Crippen molar-refractivity contribution in [3.63, 3.8) is 0 Å². The maximum absolute atomic E-state index is 13.0. The van der Waals surface area contributed by atoms with Gasteiger partial charge in [0.05, 0.1) is 11.8 Å². The van der Waals surface area contributed by atoms with E-state index < -0.39 is 23.1 Å². The van der Waals surface area contributed by atoms with Gasteiger partial charge in [-0.15, -0.1) is 0 Å². The third-order valence-corrected chi connectivity index (χ3v) is 2.52. The lowest BCUT2D eigenvalue weighted by molar-refractivity contribution is -0.137. The summed E-state index contributed by atoms with van der Waals surface area (Å²) in [6.45, 7) is 0. The van der Waals surface area contributed by atoms with Crippen molar-refractivity contribution in [3.8, 4) is 11.1 Å². The minimum Gasteiger partial charge on any atom is -0.298 e. The summed E-state index contributed by atoms with van der Waals surface area (Å²) < 4.78 is 51.3. The van der Waals surface area contributed by atoms with Crippen molar-refractivity contribution in [1.82, 2.24) is 4.98 Å². The second kappa shape index (κ2) is 4.79. The van der Waals surface area contributed by atoms with Crippen LogP contribution in [0.5, 0.6) is 0 Å². The van der Waals surface area contributed by atoms with E-state index in [1.807, 2.05) is 0 Å². The van der Waals surface area contributed by atoms with Crippen LogP contribution < -0.4 is 0 Å². The molecule has 0 bridgehead atoms. The minimum absolute atomic E-state index is 0.135. The molecule has 2 aromatic rings. The van der Waals surface area contributed by atoms with E-state index in [0.717, 1.165) is 24.4 Å². The first-order valence-corrected chi connectivity index (χ1v) is 5.19. The number of alkyl halides is 3. The van der Waals surface area contributed by atoms with Crippen LogP contribution in [0.4, 0.5) is 17.6 Å². The second-order valence-corrected chi connectivity index (χ2v) is 3.81. The number of carbonyl (C=O) groups excluding carboxylic acids is 1. The first-order valence-electron chi connectivity index (χ1n) is 5.19. The Labute approximate surface area is 105 Å². The quantitative estimate of drug-likeness (QED) is 0.614. The normalized spacial score (nSPS) is 11.4. The first kappa shape index (κ1) is 13.2. The van der Waals surface area contributed by atoms with Crippen molar-refractivity contribution in [2.75, 3.05) is 0 Å². The maximum Gasteiger partial charge on any atom is 0.417 e. The molecule has 0 saturated heterocycles. The molecule has 0 radical (unpaired) electrons. The van der Waals surface area contributed by atoms with Crippen molar-refractivity contribution in [3.05, 3.63) is 53.6 Å². The molecule has 1 aromatic carbocycles. The molecule has 0 fully saturated rings. The zero-order valence-corrected chi connectivity index (χ0v) is 9.41. The van der Waals surface area contributed by atoms with Crippen molar-refractivity contribution < 1.29 is 22.4 Å². The van der Waals surface area contributed by atoms with Gasteiger partial charge in [0.25, 0.3) is 0 Å². The van der Waals surface area contributed by atoms with Gasteiger partial charge in [-0.3, -0.25) is 9.78 Å². The summed E-state index contributed by atoms with van der Waals surface area (Å²) in [5.74, 6) is -0.648. The standard InChI is InChI=1S/C13H7F4NO/c14-11-3-10(5-18-6-11)8-1-2-9(7-19)12(4-8)13(15,16)17/h1-7H. The number of nitrogens with zero attached hydrogens (tertiary/aromatic N) is 1. The average molecular weight is 269 g/mol. The highest BCUT2D eigenvalue weighted by Crippen LogP contribution is 2.34. The van der Waals surface area contributed by atoms with Gasteiger partial charge in [0.1, 0.15) is 5.82 Å². The Kier molecular flexibility index (Phi) is 3.33. The number of pyridine rings is 1. The Balaban J connectivity index is 2.58. The number of carbonyl (C=O) groups is 1. The number of benzene rings is 1. The van der Waals surface area contributed by atoms with Gasteiger partial charge in [-0.1, -0.05) is 12.1 Å². The fourth-order valence-corrected chi connectivity index (χ4v) is 1.65. The van der Waals surface area contributed by atoms with Crippen LogP contribution >= 0.6 is 0 Å². The van der Waals surface area contributed by atoms with Gasteiger partial charge in [-0.25, -0.2) is 4.39 Å². The predicted octanol–water partition coefficient (Wildman–Crippen LogP) is 3.72. The SMILES string of the molecule is O=Cc1ccc(-c2cncc(F)c2)cc1C(F)(F)F. The summed E-state index contributed by atoms with van der Waals surface area (Å²) in [5, 5.41) is 0. The van der Waals surface area contributed by atoms with Crippen LogP contribution in [0.15, 0.2) is 36.7 Å². The summed E-state index contributed by atoms with van der Waals surface area (Å²) in [5.41, 5.74) is -1.15. The van der Waals surface area contributed by atoms with Gasteiger partial charge in [-0.05, 0) is 17.7 Å². The smallest absolute Gasteiger partial charge is 0.298 e. The van der Waals surface area contributed by atoms with Crippen molar-refractivity contribution in [2.24, 2.45) is 0 Å². The van der Waals surface area contributed by atoms with Crippen molar-refractivity contribution in [2.45, 2.75) is 6.18 Å². The summed E-state index contributed by atoms with van der Waals surface area (Å²) >= 11 is 0. The van der Waals surface area contributed by atoms with Crippen LogP contribution in [-0.4, -0.2) is 11.3 Å². The molecule has 2 nitrogen and oxygen atoms in total. The topological polar surface area (TPSA) is 30.0 Å². The molecule has 6 heteroatoms. The zero-order valence-electron chi connectivity index (χ0n) is 9.41. The molecular weight excluding hydrogens is 262 g/mol. The maximum atomic E-state index is 13.0. The van der Waals surface area contributed by atoms with Gasteiger partial charge >= 0.3 is 6.18 Å². The third-order valence-electron chi connectivity index (χ3n) is 2.52. The molecule has 0 atom stereocenters. The lowest BCUT2D eigenvalue weighted by Gasteiger charge is -2.11. The Hall–Kier alpha value is -2.24. The van der Waals surface area contributed by atoms with E-state index in [9.17, 15) is 22.4 Å². The summed E-state index contributed by atoms with van der Waals surface area (Å²) in [6.07, 6.45) is -2.31. The number of aromatic nitrogens is 1. The van der Waals surface area contributed by atoms with E-state index in [2.05, 4.69) is 4.98 Å². The van der Waals surface area contributed by atoms with E-state index in [1.54, 1.807) is 0 Å². The van der Waals surface area contributed by atoms with E-state index >= 15 is 0 Å². The number of aldehydes is 1. The summed E-state index contributed by atoms with van der Waals surface area (Å²) in [6, 6.07) is 4.24. The van der Waals surface area contributed by atoms with Crippen LogP contribution in [0.3, 0.4) is 0 Å². The van der Waals surface area contributed by atoms with Crippen molar-refractivity contribution in [1.29, 1.82) is 0 Å². The van der Waals surface area contributed by atoms with E-state index in [1.165, 1.54) is 12.3 Å². The van der Waals surface area contributed by atoms with E-state index in [0.29, 0.717) is 0 Å². The number of halogens is 4. The first-order chi connectivity index (χ1) is 8.91. The van der Waals surface area contributed by atoms with Crippen LogP contribution in [0, 0.1) is 5.82 Å². The van der Waals surface area contributed by atoms with Gasteiger partial charge in [0.15, 0.2) is 6.29 Å². The Morgan fingerprint density at radius 1 is 1.05 bits per heavy atom. The minimum atomic E-state index is -4.65. The molecule has 0 amide bonds. The number of rotatable bonds is 2. The van der Waals surface area contributed by atoms with Crippen molar-refractivity contribution >= 4 is 6.29 Å². The number of hydrogen-bond donors (Lipinski definition) is 0. The van der Waals surface area contributed by atoms with Gasteiger partial charge < -0.3 is 0 Å². The fourth-order valence-electron chi connectivity index (χ4n) is 1.65. The Bertz CT molecular complexity index is 622. The van der Waals surface area contributed by atoms with Gasteiger partial charge in [0.2, 0.25) is 0 Å². The molecule has 0 aliphatic heterocycles. The molecule has 0 saturated carbocycles. The van der Waals surface area contributed by atoms with Crippen LogP contribution in [0.1, 0.15) is 15.9 Å². The van der Waals surface area contributed by atoms with Crippen LogP contribution in [0.2, 0.25) is 0 Å². The lowest BCUT2D eigenvalue weighted by atomic mass is 10.0. The van der Waals surface area contributed by atoms with Crippen LogP contribution in [0.25, 0.3) is 11.1 Å². The average Bonchev–Trinajstić information content (AvgIpc) is 2.37. The molecule has 0 aliphatic rings. The number of hydrogen-bond acceptors (Lipinski definition) is 2. The van der Waals surface area contributed by atoms with Gasteiger partial charge in [-0.2, -0.15) is 13.2 Å². The molecule has 19 heavy (non-hydrogen) atoms. The highest BCUT2D eigenvalue weighted by atomic mass is 19.4. The zero-order chi connectivity index (χ0) is 14.0. The molecule has 0 unspecified atom stereocenters. The molecule has 1 heterocycles. The molecule has 0 aliphatic carbocycles. The molecular formula is C13H7F4NO. The molecule has 1 aromatic heterocycles. The van der Waals surface area contributed by atoms with Crippen LogP contribution in [-0.2, 0) is 6.18 Å². The Morgan fingerprint density at radius 3 is 2.37 bits per heavy atom. The largest absolute Gasteiger partial charge is 0.417 e. The van der Waals surface area contributed by atoms with Gasteiger partial charge in [0, 0.05) is 17.3 Å². The summed E-state index contributed by atoms with van der Waals surface area (Å²) in [7, 11) is 0. The molecule has 2 rings (SSSR count). The summed E-state index contributed by atoms with van der Waals surface area (Å²) in [4.78, 5) is 14.2. The monoisotopic (exact) mass is 269 g/mol. The fraction of sp³-hybridized carbons (Fsp3) is 0.0769. The van der Waals surface area contributed by atoms with E-state index in [-0.39, 0.29) is 17.4 Å². The highest BCUT2D eigenvalue weighted by Gasteiger charge is 2.33. The molecule has 0 N–H and O–H groups in total. The second-order valence-electron chi connectivity index (χ2n) is 3.81. The molecule has 0 spiro atoms. The third kappa shape index (κ3) is 2.78. The lowest BCUT2D eigenvalue weighted by Crippen LogP contribution is -2.09. The molecule has 98 valence electrons.